The molecule has 1 atom stereocenters. The van der Waals surface area contributed by atoms with Gasteiger partial charge < -0.3 is 25.3 Å². The van der Waals surface area contributed by atoms with Crippen molar-refractivity contribution in [1.82, 2.24) is 15.1 Å². The molecule has 4 rings (SSSR count). The van der Waals surface area contributed by atoms with Gasteiger partial charge in [-0.2, -0.15) is 0 Å². The lowest BCUT2D eigenvalue weighted by Gasteiger charge is -2.44. The number of phenols is 1. The SMILES string of the molecule is O=C(O)N1CCN2c3cc(-c4ccccc4O)nnc3NC[C@H]2C1. The van der Waals surface area contributed by atoms with Gasteiger partial charge in [0.15, 0.2) is 5.82 Å². The Morgan fingerprint density at radius 3 is 2.88 bits per heavy atom. The average Bonchev–Trinajstić information content (AvgIpc) is 2.61. The van der Waals surface area contributed by atoms with Crippen molar-refractivity contribution in [2.45, 2.75) is 6.04 Å². The third-order valence-electron chi connectivity index (χ3n) is 4.52. The fourth-order valence-corrected chi connectivity index (χ4v) is 3.28. The third kappa shape index (κ3) is 2.36. The number of nitrogens with zero attached hydrogens (tertiary/aromatic N) is 4. The summed E-state index contributed by atoms with van der Waals surface area (Å²) in [5, 5.41) is 30.9. The summed E-state index contributed by atoms with van der Waals surface area (Å²) in [6.45, 7) is 2.15. The van der Waals surface area contributed by atoms with Crippen LogP contribution in [0, 0.1) is 0 Å². The first-order chi connectivity index (χ1) is 11.6. The molecule has 0 unspecified atom stereocenters. The van der Waals surface area contributed by atoms with Crippen molar-refractivity contribution < 1.29 is 15.0 Å². The second-order valence-corrected chi connectivity index (χ2v) is 5.94. The molecule has 0 bridgehead atoms. The van der Waals surface area contributed by atoms with E-state index in [4.69, 9.17) is 0 Å². The number of fused-ring (bicyclic) bond motifs is 3. The van der Waals surface area contributed by atoms with E-state index < -0.39 is 6.09 Å². The molecule has 0 radical (unpaired) electrons. The summed E-state index contributed by atoms with van der Waals surface area (Å²) < 4.78 is 0. The summed E-state index contributed by atoms with van der Waals surface area (Å²) in [5.74, 6) is 0.844. The van der Waals surface area contributed by atoms with Gasteiger partial charge in [-0.3, -0.25) is 0 Å². The minimum absolute atomic E-state index is 0.0590. The van der Waals surface area contributed by atoms with Gasteiger partial charge in [0.25, 0.3) is 0 Å². The summed E-state index contributed by atoms with van der Waals surface area (Å²) in [4.78, 5) is 14.8. The van der Waals surface area contributed by atoms with E-state index in [1.807, 2.05) is 12.1 Å². The van der Waals surface area contributed by atoms with Crippen LogP contribution in [0.15, 0.2) is 30.3 Å². The van der Waals surface area contributed by atoms with Gasteiger partial charge in [-0.05, 0) is 18.2 Å². The molecule has 1 fully saturated rings. The zero-order chi connectivity index (χ0) is 16.7. The molecule has 0 aliphatic carbocycles. The van der Waals surface area contributed by atoms with Gasteiger partial charge in [0.2, 0.25) is 0 Å². The predicted octanol–water partition coefficient (Wildman–Crippen LogP) is 1.44. The van der Waals surface area contributed by atoms with Crippen LogP contribution < -0.4 is 10.2 Å². The van der Waals surface area contributed by atoms with Crippen molar-refractivity contribution in [2.75, 3.05) is 36.4 Å². The smallest absolute Gasteiger partial charge is 0.407 e. The molecule has 1 saturated heterocycles. The van der Waals surface area contributed by atoms with E-state index in [0.29, 0.717) is 43.3 Å². The normalized spacial score (nSPS) is 19.2. The summed E-state index contributed by atoms with van der Waals surface area (Å²) in [5.41, 5.74) is 2.11. The molecule has 3 heterocycles. The molecule has 24 heavy (non-hydrogen) atoms. The van der Waals surface area contributed by atoms with Crippen molar-refractivity contribution in [3.05, 3.63) is 30.3 Å². The molecule has 2 aliphatic rings. The largest absolute Gasteiger partial charge is 0.507 e. The van der Waals surface area contributed by atoms with Gasteiger partial charge in [-0.25, -0.2) is 4.79 Å². The van der Waals surface area contributed by atoms with Crippen LogP contribution in [0.25, 0.3) is 11.3 Å². The van der Waals surface area contributed by atoms with Gasteiger partial charge in [0, 0.05) is 31.7 Å². The van der Waals surface area contributed by atoms with Crippen LogP contribution in [0.3, 0.4) is 0 Å². The summed E-state index contributed by atoms with van der Waals surface area (Å²) in [6, 6.07) is 8.96. The molecule has 1 aromatic carbocycles. The highest BCUT2D eigenvalue weighted by Crippen LogP contribution is 2.35. The number of hydrogen-bond donors (Lipinski definition) is 3. The van der Waals surface area contributed by atoms with Gasteiger partial charge in [-0.1, -0.05) is 12.1 Å². The molecule has 3 N–H and O–H groups in total. The van der Waals surface area contributed by atoms with Gasteiger partial charge in [-0.15, -0.1) is 10.2 Å². The zero-order valence-corrected chi connectivity index (χ0v) is 12.9. The molecule has 124 valence electrons. The van der Waals surface area contributed by atoms with Crippen molar-refractivity contribution in [3.63, 3.8) is 0 Å². The molecule has 0 spiro atoms. The Bertz CT molecular complexity index is 797. The number of hydrogen-bond acceptors (Lipinski definition) is 6. The molecule has 1 amide bonds. The zero-order valence-electron chi connectivity index (χ0n) is 12.9. The lowest BCUT2D eigenvalue weighted by molar-refractivity contribution is 0.135. The Morgan fingerprint density at radius 2 is 2.08 bits per heavy atom. The Balaban J connectivity index is 1.69. The third-order valence-corrected chi connectivity index (χ3v) is 4.52. The van der Waals surface area contributed by atoms with Crippen molar-refractivity contribution in [1.29, 1.82) is 0 Å². The van der Waals surface area contributed by atoms with E-state index in [1.54, 1.807) is 18.2 Å². The molecular weight excluding hydrogens is 310 g/mol. The second-order valence-electron chi connectivity index (χ2n) is 5.94. The number of anilines is 2. The number of benzene rings is 1. The first-order valence-corrected chi connectivity index (χ1v) is 7.78. The fourth-order valence-electron chi connectivity index (χ4n) is 3.28. The lowest BCUT2D eigenvalue weighted by atomic mass is 10.1. The highest BCUT2D eigenvalue weighted by molar-refractivity contribution is 5.77. The average molecular weight is 327 g/mol. The van der Waals surface area contributed by atoms with Crippen LogP contribution in [-0.2, 0) is 0 Å². The molecular formula is C16H17N5O3. The van der Waals surface area contributed by atoms with E-state index in [-0.39, 0.29) is 11.8 Å². The van der Waals surface area contributed by atoms with Crippen LogP contribution >= 0.6 is 0 Å². The minimum atomic E-state index is -0.886. The van der Waals surface area contributed by atoms with Crippen LogP contribution in [0.1, 0.15) is 0 Å². The maximum Gasteiger partial charge on any atom is 0.407 e. The van der Waals surface area contributed by atoms with Gasteiger partial charge >= 0.3 is 6.09 Å². The van der Waals surface area contributed by atoms with E-state index >= 15 is 0 Å². The summed E-state index contributed by atoms with van der Waals surface area (Å²) in [7, 11) is 0. The predicted molar refractivity (Wildman–Crippen MR) is 88.4 cm³/mol. The molecule has 0 saturated carbocycles. The Labute approximate surface area is 138 Å². The Kier molecular flexibility index (Phi) is 3.37. The number of rotatable bonds is 1. The monoisotopic (exact) mass is 327 g/mol. The molecule has 2 aliphatic heterocycles. The standard InChI is InChI=1S/C16H17N5O3/c22-14-4-2-1-3-11(14)12-7-13-15(19-18-12)17-8-10-9-20(16(23)24)5-6-21(10)13/h1-4,7,10,22H,5-6,8-9H2,(H,17,19)(H,23,24)/t10-/m0/s1. The fraction of sp³-hybridized carbons (Fsp3) is 0.312. The van der Waals surface area contributed by atoms with Crippen molar-refractivity contribution in [3.8, 4) is 17.0 Å². The quantitative estimate of drug-likeness (QED) is 0.728. The molecule has 1 aromatic heterocycles. The van der Waals surface area contributed by atoms with E-state index in [2.05, 4.69) is 20.4 Å². The second kappa shape index (κ2) is 5.55. The van der Waals surface area contributed by atoms with Crippen LogP contribution in [0.5, 0.6) is 5.75 Å². The maximum atomic E-state index is 11.2. The lowest BCUT2D eigenvalue weighted by Crippen LogP contribution is -2.58. The van der Waals surface area contributed by atoms with Gasteiger partial charge in [0.1, 0.15) is 5.75 Å². The number of piperazine rings is 1. The van der Waals surface area contributed by atoms with E-state index in [1.165, 1.54) is 4.90 Å². The van der Waals surface area contributed by atoms with Crippen LogP contribution in [-0.4, -0.2) is 63.6 Å². The summed E-state index contributed by atoms with van der Waals surface area (Å²) in [6.07, 6.45) is -0.886. The van der Waals surface area contributed by atoms with E-state index in [0.717, 1.165) is 5.69 Å². The maximum absolute atomic E-state index is 11.2. The number of carboxylic acid groups (broad SMARTS) is 1. The van der Waals surface area contributed by atoms with Crippen LogP contribution in [0.2, 0.25) is 0 Å². The summed E-state index contributed by atoms with van der Waals surface area (Å²) >= 11 is 0. The first kappa shape index (κ1) is 14.6. The number of nitrogens with one attached hydrogen (secondary N) is 1. The molecule has 8 heteroatoms. The van der Waals surface area contributed by atoms with Crippen molar-refractivity contribution in [2.24, 2.45) is 0 Å². The van der Waals surface area contributed by atoms with E-state index in [9.17, 15) is 15.0 Å². The van der Waals surface area contributed by atoms with Gasteiger partial charge in [0.05, 0.1) is 17.4 Å². The number of para-hydroxylation sites is 1. The van der Waals surface area contributed by atoms with Crippen LogP contribution in [0.4, 0.5) is 16.3 Å². The number of phenolic OH excluding ortho intramolecular Hbond substituents is 1. The Hall–Kier alpha value is -3.03. The number of aromatic hydroxyl groups is 1. The highest BCUT2D eigenvalue weighted by Gasteiger charge is 2.34. The van der Waals surface area contributed by atoms with Crippen molar-refractivity contribution >= 4 is 17.6 Å². The molecule has 8 nitrogen and oxygen atoms in total. The first-order valence-electron chi connectivity index (χ1n) is 7.78. The topological polar surface area (TPSA) is 102 Å². The number of amides is 1. The minimum Gasteiger partial charge on any atom is -0.507 e. The highest BCUT2D eigenvalue weighted by atomic mass is 16.4. The number of aromatic nitrogens is 2. The number of carbonyl (C=O) groups is 1. The Morgan fingerprint density at radius 1 is 1.25 bits per heavy atom. The molecule has 2 aromatic rings.